The summed E-state index contributed by atoms with van der Waals surface area (Å²) < 4.78 is 0. The summed E-state index contributed by atoms with van der Waals surface area (Å²) in [5.41, 5.74) is -0.379. The van der Waals surface area contributed by atoms with Crippen LogP contribution in [0.1, 0.15) is 128 Å². The molecule has 1 aromatic rings. The minimum absolute atomic E-state index is 0.0152. The van der Waals surface area contributed by atoms with Crippen LogP contribution in [0.5, 0.6) is 0 Å². The van der Waals surface area contributed by atoms with E-state index in [-0.39, 0.29) is 29.8 Å². The van der Waals surface area contributed by atoms with Crippen molar-refractivity contribution in [3.63, 3.8) is 0 Å². The van der Waals surface area contributed by atoms with Crippen molar-refractivity contribution >= 4 is 35.3 Å². The highest BCUT2D eigenvalue weighted by Crippen LogP contribution is 2.41. The lowest BCUT2D eigenvalue weighted by molar-refractivity contribution is -0.147. The zero-order chi connectivity index (χ0) is 36.0. The largest absolute Gasteiger partial charge is 0.347 e. The van der Waals surface area contributed by atoms with Gasteiger partial charge in [-0.05, 0) is 80.8 Å². The van der Waals surface area contributed by atoms with Gasteiger partial charge in [-0.3, -0.25) is 33.8 Å². The first-order valence-electron chi connectivity index (χ1n) is 18.9. The second kappa shape index (κ2) is 16.5. The number of likely N-dealkylation sites (tertiary alicyclic amines) is 1. The van der Waals surface area contributed by atoms with Crippen molar-refractivity contribution in [3.8, 4) is 0 Å². The van der Waals surface area contributed by atoms with E-state index in [0.717, 1.165) is 70.6 Å². The minimum Gasteiger partial charge on any atom is -0.347 e. The van der Waals surface area contributed by atoms with Crippen molar-refractivity contribution < 1.29 is 28.8 Å². The summed E-state index contributed by atoms with van der Waals surface area (Å²) in [6.07, 6.45) is 14.2. The topological polar surface area (TPSA) is 167 Å². The quantitative estimate of drug-likeness (QED) is 0.229. The molecule has 4 N–H and O–H groups in total. The van der Waals surface area contributed by atoms with Crippen LogP contribution in [-0.4, -0.2) is 81.5 Å². The van der Waals surface area contributed by atoms with Crippen molar-refractivity contribution in [2.24, 2.45) is 17.3 Å². The van der Waals surface area contributed by atoms with Crippen LogP contribution >= 0.6 is 0 Å². The Morgan fingerprint density at radius 1 is 0.900 bits per heavy atom. The predicted molar refractivity (Wildman–Crippen MR) is 187 cm³/mol. The fourth-order valence-electron chi connectivity index (χ4n) is 8.10. The number of hydrogen-bond donors (Lipinski definition) is 4. The highest BCUT2D eigenvalue weighted by atomic mass is 16.2. The molecule has 4 aliphatic rings. The van der Waals surface area contributed by atoms with Crippen molar-refractivity contribution in [1.29, 1.82) is 0 Å². The lowest BCUT2D eigenvalue weighted by Gasteiger charge is -2.40. The first-order valence-corrected chi connectivity index (χ1v) is 18.9. The number of Topliss-reactive ketones (excluding diaryl/α,β-unsaturated/α-hetero) is 1. The highest BCUT2D eigenvalue weighted by molar-refractivity contribution is 6.38. The van der Waals surface area contributed by atoms with Gasteiger partial charge in [0.15, 0.2) is 0 Å². The molecule has 1 saturated heterocycles. The molecule has 0 aromatic carbocycles. The molecule has 5 amide bonds. The molecule has 50 heavy (non-hydrogen) atoms. The number of hydrogen-bond acceptors (Lipinski definition) is 7. The molecule has 6 atom stereocenters. The van der Waals surface area contributed by atoms with Gasteiger partial charge in [-0.2, -0.15) is 0 Å². The van der Waals surface area contributed by atoms with Crippen molar-refractivity contribution in [2.45, 2.75) is 154 Å². The molecule has 0 radical (unpaired) electrons. The number of pyridine rings is 1. The van der Waals surface area contributed by atoms with Crippen LogP contribution in [0.25, 0.3) is 0 Å². The summed E-state index contributed by atoms with van der Waals surface area (Å²) in [5.74, 6) is -2.91. The van der Waals surface area contributed by atoms with Gasteiger partial charge < -0.3 is 26.2 Å². The first kappa shape index (κ1) is 37.4. The monoisotopic (exact) mass is 692 g/mol. The second-order valence-corrected chi connectivity index (χ2v) is 16.0. The number of nitrogens with one attached hydrogen (secondary N) is 4. The van der Waals surface area contributed by atoms with Gasteiger partial charge in [0, 0.05) is 24.5 Å². The van der Waals surface area contributed by atoms with Crippen molar-refractivity contribution in [3.05, 3.63) is 30.1 Å². The van der Waals surface area contributed by atoms with Crippen LogP contribution in [-0.2, 0) is 24.0 Å². The van der Waals surface area contributed by atoms with Crippen LogP contribution in [0, 0.1) is 17.3 Å². The zero-order valence-electron chi connectivity index (χ0n) is 30.2. The van der Waals surface area contributed by atoms with Gasteiger partial charge in [0.25, 0.3) is 11.8 Å². The van der Waals surface area contributed by atoms with Gasteiger partial charge in [0.1, 0.15) is 18.1 Å². The molecule has 5 rings (SSSR count). The number of carbonyl (C=O) groups is 6. The Morgan fingerprint density at radius 3 is 2.24 bits per heavy atom. The Labute approximate surface area is 296 Å². The van der Waals surface area contributed by atoms with Crippen LogP contribution in [0.4, 0.5) is 0 Å². The first-order chi connectivity index (χ1) is 23.9. The Morgan fingerprint density at radius 2 is 1.60 bits per heavy atom. The summed E-state index contributed by atoms with van der Waals surface area (Å²) in [6, 6.07) is -0.486. The lowest BCUT2D eigenvalue weighted by atomic mass is 9.81. The number of aromatic nitrogens is 1. The molecular formula is C38H56N6O6. The Hall–Kier alpha value is -3.83. The molecule has 2 heterocycles. The molecule has 1 aromatic heterocycles. The van der Waals surface area contributed by atoms with E-state index >= 15 is 0 Å². The standard InChI is InChI=1S/C38H56N6O6/c1-5-12-27(31(45)36(49)40-26-18-19-26)41-34(47)29-21-24-15-9-10-17-28(24)44(29)37(50)32(38(2,3)4)43-35(48)30(23-13-7-6-8-14-23)42-33(46)25-16-11-20-39-22-25/h11,16,20,22-24,26-30,32H,5-10,12-15,17-19,21H2,1-4H3,(H,40,49)(H,41,47)(H,42,46)(H,43,48)/t24?,27-,28?,29-,30-,32+/m0/s1. The van der Waals surface area contributed by atoms with E-state index in [1.165, 1.54) is 6.20 Å². The zero-order valence-corrected chi connectivity index (χ0v) is 30.2. The minimum atomic E-state index is -0.983. The van der Waals surface area contributed by atoms with Crippen LogP contribution in [0.15, 0.2) is 24.5 Å². The molecule has 274 valence electrons. The Kier molecular flexibility index (Phi) is 12.3. The third-order valence-corrected chi connectivity index (χ3v) is 11.0. The third-order valence-electron chi connectivity index (χ3n) is 11.0. The summed E-state index contributed by atoms with van der Waals surface area (Å²) in [5, 5.41) is 11.6. The third kappa shape index (κ3) is 9.09. The number of carbonyl (C=O) groups excluding carboxylic acids is 6. The highest BCUT2D eigenvalue weighted by Gasteiger charge is 2.51. The normalized spacial score (nSPS) is 24.2. The van der Waals surface area contributed by atoms with E-state index in [0.29, 0.717) is 24.8 Å². The van der Waals surface area contributed by atoms with E-state index in [1.807, 2.05) is 27.7 Å². The average molecular weight is 693 g/mol. The van der Waals surface area contributed by atoms with Crippen LogP contribution in [0.2, 0.25) is 0 Å². The molecule has 4 fully saturated rings. The average Bonchev–Trinajstić information content (AvgIpc) is 3.84. The maximum atomic E-state index is 14.8. The Balaban J connectivity index is 1.38. The number of ketones is 1. The molecule has 3 aliphatic carbocycles. The molecule has 12 heteroatoms. The fraction of sp³-hybridized carbons (Fsp3) is 0.711. The molecular weight excluding hydrogens is 636 g/mol. The van der Waals surface area contributed by atoms with Gasteiger partial charge in [-0.15, -0.1) is 0 Å². The van der Waals surface area contributed by atoms with E-state index in [4.69, 9.17) is 0 Å². The van der Waals surface area contributed by atoms with Gasteiger partial charge in [0.05, 0.1) is 11.6 Å². The number of amides is 5. The molecule has 12 nitrogen and oxygen atoms in total. The number of nitrogens with zero attached hydrogens (tertiary/aromatic N) is 2. The summed E-state index contributed by atoms with van der Waals surface area (Å²) in [4.78, 5) is 88.0. The van der Waals surface area contributed by atoms with E-state index in [1.54, 1.807) is 23.2 Å². The molecule has 3 saturated carbocycles. The molecule has 0 bridgehead atoms. The van der Waals surface area contributed by atoms with Gasteiger partial charge in [-0.1, -0.05) is 66.2 Å². The number of rotatable bonds is 13. The SMILES string of the molecule is CCC[C@H](NC(=O)[C@@H]1CC2CCCCC2N1C(=O)[C@@H](NC(=O)[C@@H](NC(=O)c1cccnc1)C1CCCCC1)C(C)(C)C)C(=O)C(=O)NC1CC1. The van der Waals surface area contributed by atoms with Gasteiger partial charge in [0.2, 0.25) is 23.5 Å². The van der Waals surface area contributed by atoms with E-state index in [9.17, 15) is 28.8 Å². The van der Waals surface area contributed by atoms with E-state index in [2.05, 4.69) is 26.3 Å². The molecule has 2 unspecified atom stereocenters. The summed E-state index contributed by atoms with van der Waals surface area (Å²) in [7, 11) is 0. The smallest absolute Gasteiger partial charge is 0.289 e. The van der Waals surface area contributed by atoms with Crippen LogP contribution < -0.4 is 21.3 Å². The predicted octanol–water partition coefficient (Wildman–Crippen LogP) is 3.58. The Bertz CT molecular complexity index is 1400. The molecule has 1 aliphatic heterocycles. The summed E-state index contributed by atoms with van der Waals surface area (Å²) in [6.45, 7) is 7.55. The second-order valence-electron chi connectivity index (χ2n) is 16.0. The maximum absolute atomic E-state index is 14.8. The number of fused-ring (bicyclic) bond motifs is 1. The van der Waals surface area contributed by atoms with Crippen LogP contribution in [0.3, 0.4) is 0 Å². The van der Waals surface area contributed by atoms with Gasteiger partial charge in [-0.25, -0.2) is 0 Å². The summed E-state index contributed by atoms with van der Waals surface area (Å²) >= 11 is 0. The lowest BCUT2D eigenvalue weighted by Crippen LogP contribution is -2.63. The van der Waals surface area contributed by atoms with E-state index < -0.39 is 59.0 Å². The fourth-order valence-corrected chi connectivity index (χ4v) is 8.10. The van der Waals surface area contributed by atoms with Crippen molar-refractivity contribution in [1.82, 2.24) is 31.2 Å². The maximum Gasteiger partial charge on any atom is 0.289 e. The van der Waals surface area contributed by atoms with Crippen molar-refractivity contribution in [2.75, 3.05) is 0 Å². The van der Waals surface area contributed by atoms with Gasteiger partial charge >= 0.3 is 0 Å². The molecule has 0 spiro atoms.